The van der Waals surface area contributed by atoms with Crippen LogP contribution in [0.4, 0.5) is 0 Å². The molecule has 0 heterocycles. The quantitative estimate of drug-likeness (QED) is 0.465. The summed E-state index contributed by atoms with van der Waals surface area (Å²) in [5.74, 6) is 3.11. The summed E-state index contributed by atoms with van der Waals surface area (Å²) in [5.41, 5.74) is 3.45. The van der Waals surface area contributed by atoms with Crippen LogP contribution in [0.1, 0.15) is 16.7 Å². The van der Waals surface area contributed by atoms with E-state index in [4.69, 9.17) is 15.9 Å². The van der Waals surface area contributed by atoms with Gasteiger partial charge in [0.15, 0.2) is 0 Å². The highest BCUT2D eigenvalue weighted by Gasteiger charge is 2.03. The Balaban J connectivity index is 2.10. The molecule has 0 saturated heterocycles. The van der Waals surface area contributed by atoms with Gasteiger partial charge in [-0.05, 0) is 36.1 Å². The largest absolute Gasteiger partial charge is 0.453 e. The van der Waals surface area contributed by atoms with Crippen molar-refractivity contribution in [3.8, 4) is 18.1 Å². The van der Waals surface area contributed by atoms with Gasteiger partial charge >= 0.3 is 0 Å². The molecule has 0 aliphatic carbocycles. The van der Waals surface area contributed by atoms with Crippen LogP contribution in [-0.4, -0.2) is 13.4 Å². The monoisotopic (exact) mass is 278 g/mol. The van der Waals surface area contributed by atoms with Crippen molar-refractivity contribution in [2.24, 2.45) is 0 Å². The number of aryl methyl sites for hydroxylation is 1. The fourth-order valence-electron chi connectivity index (χ4n) is 1.84. The predicted molar refractivity (Wildman–Crippen MR) is 86.8 cm³/mol. The maximum atomic E-state index is 5.53. The van der Waals surface area contributed by atoms with Crippen molar-refractivity contribution in [3.05, 3.63) is 65.2 Å². The number of rotatable bonds is 5. The third-order valence-electron chi connectivity index (χ3n) is 3.00. The SMILES string of the molecule is C#CC(OC)Oc1cccc(C=Cc2ccc(C)cc2)c1. The van der Waals surface area contributed by atoms with E-state index in [-0.39, 0.29) is 0 Å². The number of benzene rings is 2. The van der Waals surface area contributed by atoms with Gasteiger partial charge in [0.25, 0.3) is 6.29 Å². The molecule has 2 nitrogen and oxygen atoms in total. The minimum absolute atomic E-state index is 0.665. The van der Waals surface area contributed by atoms with E-state index >= 15 is 0 Å². The Labute approximate surface area is 126 Å². The molecular weight excluding hydrogens is 260 g/mol. The van der Waals surface area contributed by atoms with Gasteiger partial charge in [0, 0.05) is 7.11 Å². The number of hydrogen-bond acceptors (Lipinski definition) is 2. The first kappa shape index (κ1) is 14.9. The molecule has 0 saturated carbocycles. The van der Waals surface area contributed by atoms with Crippen LogP contribution < -0.4 is 4.74 Å². The molecule has 0 aromatic heterocycles. The molecule has 0 amide bonds. The van der Waals surface area contributed by atoms with E-state index in [9.17, 15) is 0 Å². The summed E-state index contributed by atoms with van der Waals surface area (Å²) in [6, 6.07) is 16.1. The molecule has 1 atom stereocenters. The van der Waals surface area contributed by atoms with E-state index < -0.39 is 6.29 Å². The van der Waals surface area contributed by atoms with Gasteiger partial charge in [-0.15, -0.1) is 6.42 Å². The average molecular weight is 278 g/mol. The summed E-state index contributed by atoms with van der Waals surface area (Å²) in [7, 11) is 1.52. The second-order valence-electron chi connectivity index (χ2n) is 4.67. The predicted octanol–water partition coefficient (Wildman–Crippen LogP) is 4.15. The molecular formula is C19H18O2. The van der Waals surface area contributed by atoms with Gasteiger partial charge in [0.2, 0.25) is 0 Å². The van der Waals surface area contributed by atoms with Gasteiger partial charge in [-0.1, -0.05) is 54.1 Å². The van der Waals surface area contributed by atoms with Crippen LogP contribution in [0.25, 0.3) is 12.2 Å². The molecule has 1 unspecified atom stereocenters. The van der Waals surface area contributed by atoms with Crippen molar-refractivity contribution >= 4 is 12.2 Å². The lowest BCUT2D eigenvalue weighted by Crippen LogP contribution is -2.15. The van der Waals surface area contributed by atoms with Crippen LogP contribution in [-0.2, 0) is 4.74 Å². The summed E-state index contributed by atoms with van der Waals surface area (Å²) in [6.07, 6.45) is 8.74. The van der Waals surface area contributed by atoms with Crippen molar-refractivity contribution in [1.82, 2.24) is 0 Å². The maximum Gasteiger partial charge on any atom is 0.264 e. The molecule has 0 fully saturated rings. The fourth-order valence-corrected chi connectivity index (χ4v) is 1.84. The Kier molecular flexibility index (Phi) is 5.20. The maximum absolute atomic E-state index is 5.53. The normalized spacial score (nSPS) is 12.0. The highest BCUT2D eigenvalue weighted by molar-refractivity contribution is 5.70. The van der Waals surface area contributed by atoms with Crippen LogP contribution in [0.2, 0.25) is 0 Å². The number of terminal acetylenes is 1. The standard InChI is InChI=1S/C19H18O2/c1-4-19(20-3)21-18-7-5-6-17(14-18)13-12-16-10-8-15(2)9-11-16/h1,5-14,19H,2-3H3. The molecule has 0 aliphatic heterocycles. The minimum atomic E-state index is -0.665. The Morgan fingerprint density at radius 3 is 2.43 bits per heavy atom. The Morgan fingerprint density at radius 1 is 1.05 bits per heavy atom. The van der Waals surface area contributed by atoms with Crippen LogP contribution in [0.5, 0.6) is 5.75 Å². The fraction of sp³-hybridized carbons (Fsp3) is 0.158. The van der Waals surface area contributed by atoms with Crippen LogP contribution >= 0.6 is 0 Å². The lowest BCUT2D eigenvalue weighted by atomic mass is 10.1. The third kappa shape index (κ3) is 4.52. The van der Waals surface area contributed by atoms with Crippen LogP contribution in [0.15, 0.2) is 48.5 Å². The van der Waals surface area contributed by atoms with Crippen molar-refractivity contribution in [3.63, 3.8) is 0 Å². The van der Waals surface area contributed by atoms with Crippen LogP contribution in [0.3, 0.4) is 0 Å². The smallest absolute Gasteiger partial charge is 0.264 e. The van der Waals surface area contributed by atoms with E-state index in [2.05, 4.69) is 43.2 Å². The molecule has 2 rings (SSSR count). The lowest BCUT2D eigenvalue weighted by molar-refractivity contribution is -0.00802. The van der Waals surface area contributed by atoms with E-state index in [0.717, 1.165) is 11.1 Å². The number of ether oxygens (including phenoxy) is 2. The zero-order valence-electron chi connectivity index (χ0n) is 12.2. The van der Waals surface area contributed by atoms with E-state index in [1.54, 1.807) is 0 Å². The van der Waals surface area contributed by atoms with Gasteiger partial charge < -0.3 is 9.47 Å². The summed E-state index contributed by atoms with van der Waals surface area (Å²) in [4.78, 5) is 0. The van der Waals surface area contributed by atoms with Crippen molar-refractivity contribution in [2.75, 3.05) is 7.11 Å². The first-order chi connectivity index (χ1) is 10.2. The Morgan fingerprint density at radius 2 is 1.76 bits per heavy atom. The molecule has 2 aromatic rings. The molecule has 21 heavy (non-hydrogen) atoms. The zero-order chi connectivity index (χ0) is 15.1. The van der Waals surface area contributed by atoms with Gasteiger partial charge in [0.05, 0.1) is 0 Å². The van der Waals surface area contributed by atoms with Gasteiger partial charge in [0.1, 0.15) is 5.75 Å². The molecule has 0 bridgehead atoms. The Hall–Kier alpha value is -2.50. The second kappa shape index (κ2) is 7.33. The molecule has 2 aromatic carbocycles. The molecule has 0 spiro atoms. The first-order valence-electron chi connectivity index (χ1n) is 6.71. The summed E-state index contributed by atoms with van der Waals surface area (Å²) in [6.45, 7) is 2.08. The number of hydrogen-bond donors (Lipinski definition) is 0. The molecule has 0 aliphatic rings. The molecule has 106 valence electrons. The summed E-state index contributed by atoms with van der Waals surface area (Å²) < 4.78 is 10.5. The minimum Gasteiger partial charge on any atom is -0.453 e. The zero-order valence-corrected chi connectivity index (χ0v) is 12.2. The first-order valence-corrected chi connectivity index (χ1v) is 6.71. The number of methoxy groups -OCH3 is 1. The van der Waals surface area contributed by atoms with Crippen molar-refractivity contribution in [2.45, 2.75) is 13.2 Å². The average Bonchev–Trinajstić information content (AvgIpc) is 2.52. The second-order valence-corrected chi connectivity index (χ2v) is 4.67. The van der Waals surface area contributed by atoms with E-state index in [1.165, 1.54) is 12.7 Å². The Bertz CT molecular complexity index is 648. The van der Waals surface area contributed by atoms with Gasteiger partial charge in [-0.3, -0.25) is 0 Å². The topological polar surface area (TPSA) is 18.5 Å². The van der Waals surface area contributed by atoms with Crippen molar-refractivity contribution < 1.29 is 9.47 Å². The summed E-state index contributed by atoms with van der Waals surface area (Å²) >= 11 is 0. The van der Waals surface area contributed by atoms with E-state index in [1.807, 2.05) is 30.3 Å². The van der Waals surface area contributed by atoms with Gasteiger partial charge in [-0.2, -0.15) is 0 Å². The highest BCUT2D eigenvalue weighted by atomic mass is 16.7. The highest BCUT2D eigenvalue weighted by Crippen LogP contribution is 2.17. The molecule has 0 radical (unpaired) electrons. The molecule has 2 heteroatoms. The molecule has 0 N–H and O–H groups in total. The summed E-state index contributed by atoms with van der Waals surface area (Å²) in [5, 5.41) is 0. The van der Waals surface area contributed by atoms with Gasteiger partial charge in [-0.25, -0.2) is 0 Å². The van der Waals surface area contributed by atoms with E-state index in [0.29, 0.717) is 5.75 Å². The lowest BCUT2D eigenvalue weighted by Gasteiger charge is -2.11. The third-order valence-corrected chi connectivity index (χ3v) is 3.00. The van der Waals surface area contributed by atoms with Crippen molar-refractivity contribution in [1.29, 1.82) is 0 Å². The van der Waals surface area contributed by atoms with Crippen LogP contribution in [0, 0.1) is 19.3 Å².